The number of aliphatic hydroxyl groups is 1. The second kappa shape index (κ2) is 17.2. The van der Waals surface area contributed by atoms with E-state index in [4.69, 9.17) is 4.74 Å². The summed E-state index contributed by atoms with van der Waals surface area (Å²) in [7, 11) is 2.45. The zero-order chi connectivity index (χ0) is 45.2. The van der Waals surface area contributed by atoms with E-state index >= 15 is 0 Å². The van der Waals surface area contributed by atoms with Crippen LogP contribution in [0, 0.1) is 80.8 Å². The van der Waals surface area contributed by atoms with Crippen LogP contribution in [-0.2, 0) is 43.0 Å². The lowest BCUT2D eigenvalue weighted by Crippen LogP contribution is -2.50. The van der Waals surface area contributed by atoms with E-state index in [0.29, 0.717) is 49.6 Å². The van der Waals surface area contributed by atoms with Crippen molar-refractivity contribution in [3.63, 3.8) is 0 Å². The van der Waals surface area contributed by atoms with Gasteiger partial charge >= 0.3 is 11.9 Å². The number of rotatable bonds is 16. The molecule has 3 unspecified atom stereocenters. The third-order valence-electron chi connectivity index (χ3n) is 16.2. The molecule has 338 valence electrons. The number of hydrogen-bond acceptors (Lipinski definition) is 10. The van der Waals surface area contributed by atoms with Gasteiger partial charge in [0.1, 0.15) is 0 Å². The Bertz CT molecular complexity index is 1700. The van der Waals surface area contributed by atoms with Gasteiger partial charge in [-0.1, -0.05) is 109 Å². The minimum atomic E-state index is -1.29. The normalized spacial score (nSPS) is 29.6. The highest BCUT2D eigenvalue weighted by Crippen LogP contribution is 2.66. The number of carbonyl (C=O) groups is 7. The van der Waals surface area contributed by atoms with Crippen molar-refractivity contribution in [2.24, 2.45) is 80.8 Å². The summed E-state index contributed by atoms with van der Waals surface area (Å²) in [5.74, 6) is -1.85. The zero-order valence-electron chi connectivity index (χ0n) is 39.1. The van der Waals surface area contributed by atoms with Crippen LogP contribution in [0.4, 0.5) is 0 Å². The maximum atomic E-state index is 13.5. The number of esters is 2. The molecule has 0 radical (unpaired) electrons. The molecule has 2 saturated heterocycles. The molecular formula is C48H76N2O10. The van der Waals surface area contributed by atoms with Crippen LogP contribution in [0.15, 0.2) is 0 Å². The molecule has 6 rings (SSSR count). The Hall–Kier alpha value is -3.15. The Morgan fingerprint density at radius 1 is 0.650 bits per heavy atom. The van der Waals surface area contributed by atoms with Crippen LogP contribution in [0.3, 0.4) is 0 Å². The first-order valence-electron chi connectivity index (χ1n) is 22.6. The Balaban J connectivity index is 0.000000228. The Morgan fingerprint density at radius 3 is 1.42 bits per heavy atom. The van der Waals surface area contributed by atoms with Crippen LogP contribution in [0.1, 0.15) is 134 Å². The lowest BCUT2D eigenvalue weighted by atomic mass is 9.80. The van der Waals surface area contributed by atoms with E-state index in [2.05, 4.69) is 32.4 Å². The quantitative estimate of drug-likeness (QED) is 0.137. The topological polar surface area (TPSA) is 165 Å². The van der Waals surface area contributed by atoms with Crippen molar-refractivity contribution in [3.05, 3.63) is 0 Å². The summed E-state index contributed by atoms with van der Waals surface area (Å²) < 4.78 is 9.36. The molecule has 0 aromatic carbocycles. The number of ketones is 3. The van der Waals surface area contributed by atoms with Gasteiger partial charge in [0, 0.05) is 49.6 Å². The first-order valence-corrected chi connectivity index (χ1v) is 22.6. The average Bonchev–Trinajstić information content (AvgIpc) is 4.15. The number of methoxy groups -OCH3 is 2. The fourth-order valence-electron chi connectivity index (χ4n) is 10.5. The van der Waals surface area contributed by atoms with Crippen LogP contribution >= 0.6 is 0 Å². The molecule has 12 nitrogen and oxygen atoms in total. The van der Waals surface area contributed by atoms with Gasteiger partial charge in [-0.3, -0.25) is 24.0 Å². The smallest absolute Gasteiger partial charge is 0.374 e. The Labute approximate surface area is 359 Å². The largest absolute Gasteiger partial charge is 0.467 e. The maximum Gasteiger partial charge on any atom is 0.374 e. The van der Waals surface area contributed by atoms with Gasteiger partial charge in [-0.2, -0.15) is 0 Å². The van der Waals surface area contributed by atoms with Crippen LogP contribution < -0.4 is 0 Å². The predicted molar refractivity (Wildman–Crippen MR) is 226 cm³/mol. The number of amides is 2. The molecule has 6 aliphatic rings. The number of hydrogen-bond donors (Lipinski definition) is 1. The highest BCUT2D eigenvalue weighted by atomic mass is 16.5. The Morgan fingerprint density at radius 2 is 1.05 bits per heavy atom. The summed E-state index contributed by atoms with van der Waals surface area (Å²) in [6.07, 6.45) is 4.27. The number of aliphatic hydroxyl groups excluding tert-OH is 1. The number of carbonyl (C=O) groups excluding carboxylic acids is 7. The number of ether oxygens (including phenoxy) is 2. The first kappa shape index (κ1) is 47.9. The molecule has 2 heterocycles. The third-order valence-corrected chi connectivity index (χ3v) is 16.2. The Kier molecular flexibility index (Phi) is 13.7. The molecule has 1 N–H and O–H groups in total. The van der Waals surface area contributed by atoms with Crippen LogP contribution in [0.25, 0.3) is 0 Å². The average molecular weight is 841 g/mol. The molecule has 4 saturated carbocycles. The van der Waals surface area contributed by atoms with Gasteiger partial charge in [0.15, 0.2) is 17.7 Å². The summed E-state index contributed by atoms with van der Waals surface area (Å²) in [4.78, 5) is 93.5. The maximum absolute atomic E-state index is 13.5. The second-order valence-electron chi connectivity index (χ2n) is 22.9. The van der Waals surface area contributed by atoms with E-state index in [1.54, 1.807) is 9.80 Å². The minimum absolute atomic E-state index is 0.0156. The lowest BCUT2D eigenvalue weighted by molar-refractivity contribution is -0.155. The van der Waals surface area contributed by atoms with Gasteiger partial charge in [-0.15, -0.1) is 0 Å². The van der Waals surface area contributed by atoms with Crippen molar-refractivity contribution in [1.82, 2.24) is 9.80 Å². The van der Waals surface area contributed by atoms with Gasteiger partial charge in [0.25, 0.3) is 0 Å². The molecule has 0 aromatic heterocycles. The van der Waals surface area contributed by atoms with Gasteiger partial charge < -0.3 is 24.4 Å². The van der Waals surface area contributed by atoms with Crippen molar-refractivity contribution in [1.29, 1.82) is 0 Å². The zero-order valence-corrected chi connectivity index (χ0v) is 39.1. The fraction of sp³-hybridized carbons (Fsp3) is 0.854. The molecule has 0 aromatic rings. The second-order valence-corrected chi connectivity index (χ2v) is 22.9. The molecule has 12 heteroatoms. The monoisotopic (exact) mass is 841 g/mol. The SMILES string of the molecule is COC(=O)C(=O)C(CC(=O)[C@@H]1[C@@H]2[C@H](CN1C(=O)[C@@H](C)C(C)(C)C)C2(C)C)CC1CC1.COC(=O)C(O)C(CC(=O)[C@@H]1[C@@H]2[C@H](CN1C(=O)[C@@H](C)C(C)(C)C)C2(C)C)CC1CC1. The number of fused-ring (bicyclic) bond motifs is 2. The lowest BCUT2D eigenvalue weighted by Gasteiger charge is -2.36. The van der Waals surface area contributed by atoms with Gasteiger partial charge in [0.05, 0.1) is 26.3 Å². The highest BCUT2D eigenvalue weighted by Gasteiger charge is 2.70. The van der Waals surface area contributed by atoms with Gasteiger partial charge in [-0.25, -0.2) is 9.59 Å². The summed E-state index contributed by atoms with van der Waals surface area (Å²) in [5.41, 5.74) is -0.291. The van der Waals surface area contributed by atoms with Crippen molar-refractivity contribution >= 4 is 41.1 Å². The first-order chi connectivity index (χ1) is 27.6. The van der Waals surface area contributed by atoms with E-state index < -0.39 is 47.7 Å². The number of Topliss-reactive ketones (excluding diaryl/α,β-unsaturated/α-hetero) is 3. The number of piperidine rings is 2. The molecule has 2 amide bonds. The van der Waals surface area contributed by atoms with Crippen LogP contribution in [0.2, 0.25) is 0 Å². The summed E-state index contributed by atoms with van der Waals surface area (Å²) >= 11 is 0. The highest BCUT2D eigenvalue weighted by molar-refractivity contribution is 6.34. The predicted octanol–water partition coefficient (Wildman–Crippen LogP) is 6.33. The van der Waals surface area contributed by atoms with E-state index in [-0.39, 0.29) is 81.6 Å². The van der Waals surface area contributed by atoms with Crippen LogP contribution in [-0.4, -0.2) is 102 Å². The minimum Gasteiger partial charge on any atom is -0.467 e. The van der Waals surface area contributed by atoms with Crippen molar-refractivity contribution in [3.8, 4) is 0 Å². The third kappa shape index (κ3) is 9.88. The molecule has 60 heavy (non-hydrogen) atoms. The summed E-state index contributed by atoms with van der Waals surface area (Å²) in [6, 6.07) is -0.941. The number of nitrogens with zero attached hydrogens (tertiary/aromatic N) is 2. The van der Waals surface area contributed by atoms with Crippen molar-refractivity contribution < 1.29 is 48.1 Å². The van der Waals surface area contributed by atoms with Crippen molar-refractivity contribution in [2.75, 3.05) is 27.3 Å². The van der Waals surface area contributed by atoms with E-state index in [9.17, 15) is 38.7 Å². The van der Waals surface area contributed by atoms with Crippen molar-refractivity contribution in [2.45, 2.75) is 153 Å². The fourth-order valence-corrected chi connectivity index (χ4v) is 10.5. The molecule has 4 aliphatic carbocycles. The summed E-state index contributed by atoms with van der Waals surface area (Å²) in [5, 5.41) is 10.5. The summed E-state index contributed by atoms with van der Waals surface area (Å²) in [6.45, 7) is 26.0. The molecule has 0 spiro atoms. The molecule has 2 aliphatic heterocycles. The van der Waals surface area contributed by atoms with Gasteiger partial charge in [0.2, 0.25) is 17.6 Å². The standard InChI is InChI=1S/C24H39NO5.C24H37NO5/c2*1-13(23(2,3)4)21(28)25-12-16-18(24(16,5)6)19(25)17(26)11-15(10-14-8-9-14)20(27)22(29)30-7/h13-16,18-20,27H,8-12H2,1-7H3;13-16,18-19H,8-12H2,1-7H3/t13-,15?,16+,18+,19-,20?;13-,15?,16+,18+,19-/m11/s1. The number of likely N-dealkylation sites (tertiary alicyclic amines) is 2. The molecule has 11 atom stereocenters. The van der Waals surface area contributed by atoms with Gasteiger partial charge in [-0.05, 0) is 70.0 Å². The van der Waals surface area contributed by atoms with E-state index in [0.717, 1.165) is 25.7 Å². The molecule has 0 bridgehead atoms. The van der Waals surface area contributed by atoms with E-state index in [1.165, 1.54) is 14.2 Å². The van der Waals surface area contributed by atoms with Crippen LogP contribution in [0.5, 0.6) is 0 Å². The van der Waals surface area contributed by atoms with E-state index in [1.807, 2.05) is 55.4 Å². The molecule has 6 fully saturated rings. The molecular weight excluding hydrogens is 765 g/mol.